The number of nitrogens with two attached hydrogens (primary N) is 1. The van der Waals surface area contributed by atoms with Gasteiger partial charge in [0.15, 0.2) is 0 Å². The number of primary amides is 1. The number of anilines is 1. The van der Waals surface area contributed by atoms with Crippen molar-refractivity contribution in [1.29, 1.82) is 0 Å². The predicted molar refractivity (Wildman–Crippen MR) is 131 cm³/mol. The third-order valence-electron chi connectivity index (χ3n) is 7.13. The van der Waals surface area contributed by atoms with Crippen LogP contribution in [-0.4, -0.2) is 29.2 Å². The summed E-state index contributed by atoms with van der Waals surface area (Å²) in [6.07, 6.45) is -15.5. The van der Waals surface area contributed by atoms with E-state index in [2.05, 4.69) is 0 Å². The quantitative estimate of drug-likeness (QED) is 0.350. The molecule has 0 unspecified atom stereocenters. The lowest BCUT2D eigenvalue weighted by Crippen LogP contribution is -2.51. The van der Waals surface area contributed by atoms with Gasteiger partial charge in [0.25, 0.3) is 0 Å². The van der Waals surface area contributed by atoms with Gasteiger partial charge in [-0.15, -0.1) is 0 Å². The van der Waals surface area contributed by atoms with Crippen molar-refractivity contribution in [3.63, 3.8) is 0 Å². The van der Waals surface area contributed by atoms with Crippen molar-refractivity contribution in [2.75, 3.05) is 4.90 Å². The Hall–Kier alpha value is -3.65. The Bertz CT molecular complexity index is 1320. The molecule has 2 aromatic carbocycles. The van der Waals surface area contributed by atoms with Gasteiger partial charge in [-0.25, -0.2) is 9.59 Å². The van der Waals surface area contributed by atoms with Gasteiger partial charge in [0.2, 0.25) is 0 Å². The monoisotopic (exact) mass is 611 g/mol. The van der Waals surface area contributed by atoms with Crippen LogP contribution in [0.1, 0.15) is 67.0 Å². The van der Waals surface area contributed by atoms with Crippen LogP contribution in [0, 0.1) is 5.92 Å². The van der Waals surface area contributed by atoms with Gasteiger partial charge in [-0.3, -0.25) is 4.90 Å². The molecule has 1 aliphatic carbocycles. The Labute approximate surface area is 234 Å². The van der Waals surface area contributed by atoms with Gasteiger partial charge in [0.1, 0.15) is 0 Å². The van der Waals surface area contributed by atoms with Crippen LogP contribution in [0.15, 0.2) is 36.4 Å². The Morgan fingerprint density at radius 2 is 1.45 bits per heavy atom. The average molecular weight is 612 g/mol. The minimum Gasteiger partial charge on any atom is -0.446 e. The number of fused-ring (bicyclic) bond motifs is 1. The van der Waals surface area contributed by atoms with Gasteiger partial charge in [-0.05, 0) is 86.6 Å². The summed E-state index contributed by atoms with van der Waals surface area (Å²) < 4.78 is 127. The minimum atomic E-state index is -5.17. The van der Waals surface area contributed by atoms with Crippen molar-refractivity contribution >= 4 is 17.8 Å². The van der Waals surface area contributed by atoms with Crippen LogP contribution in [-0.2, 0) is 29.8 Å². The molecule has 0 radical (unpaired) electrons. The molecule has 2 atom stereocenters. The van der Waals surface area contributed by atoms with E-state index in [1.54, 1.807) is 13.8 Å². The number of halogens is 9. The maximum Gasteiger partial charge on any atom is 0.416 e. The first-order valence-electron chi connectivity index (χ1n) is 12.8. The number of carbonyl (C=O) groups excluding carboxylic acids is 2. The zero-order valence-corrected chi connectivity index (χ0v) is 22.2. The topological polar surface area (TPSA) is 75.9 Å². The Morgan fingerprint density at radius 3 is 1.90 bits per heavy atom. The van der Waals surface area contributed by atoms with Gasteiger partial charge in [0.05, 0.1) is 34.5 Å². The minimum absolute atomic E-state index is 0.0342. The number of hydrogen-bond donors (Lipinski definition) is 1. The van der Waals surface area contributed by atoms with E-state index in [0.717, 1.165) is 17.0 Å². The van der Waals surface area contributed by atoms with Crippen LogP contribution in [0.5, 0.6) is 0 Å². The molecule has 42 heavy (non-hydrogen) atoms. The predicted octanol–water partition coefficient (Wildman–Crippen LogP) is 7.90. The molecule has 15 heteroatoms. The van der Waals surface area contributed by atoms with Crippen LogP contribution in [0.2, 0.25) is 0 Å². The molecule has 0 saturated heterocycles. The second-order valence-electron chi connectivity index (χ2n) is 10.6. The van der Waals surface area contributed by atoms with Crippen LogP contribution in [0.4, 0.5) is 54.8 Å². The van der Waals surface area contributed by atoms with Crippen LogP contribution >= 0.6 is 0 Å². The molecule has 1 heterocycles. The first-order valence-corrected chi connectivity index (χ1v) is 12.8. The Kier molecular flexibility index (Phi) is 8.11. The van der Waals surface area contributed by atoms with E-state index in [0.29, 0.717) is 31.0 Å². The number of rotatable bonds is 5. The first kappa shape index (κ1) is 31.3. The van der Waals surface area contributed by atoms with Gasteiger partial charge in [0, 0.05) is 12.6 Å². The molecular weight excluding hydrogens is 585 g/mol. The van der Waals surface area contributed by atoms with Gasteiger partial charge in [-0.1, -0.05) is 0 Å². The maximum atomic E-state index is 13.7. The third kappa shape index (κ3) is 6.70. The van der Waals surface area contributed by atoms with Crippen molar-refractivity contribution in [3.05, 3.63) is 64.2 Å². The smallest absolute Gasteiger partial charge is 0.416 e. The van der Waals surface area contributed by atoms with Crippen molar-refractivity contribution in [2.24, 2.45) is 11.7 Å². The summed E-state index contributed by atoms with van der Waals surface area (Å²) >= 11 is 0. The lowest BCUT2D eigenvalue weighted by molar-refractivity contribution is -0.143. The Balaban J connectivity index is 1.86. The molecule has 1 saturated carbocycles. The molecule has 2 aliphatic rings. The second-order valence-corrected chi connectivity index (χ2v) is 10.6. The fourth-order valence-electron chi connectivity index (χ4n) is 5.18. The maximum absolute atomic E-state index is 13.7. The normalized spacial score (nSPS) is 19.5. The van der Waals surface area contributed by atoms with E-state index in [9.17, 15) is 49.1 Å². The number of carbonyl (C=O) groups is 2. The van der Waals surface area contributed by atoms with E-state index in [1.165, 1.54) is 4.90 Å². The highest BCUT2D eigenvalue weighted by Gasteiger charge is 2.48. The zero-order chi connectivity index (χ0) is 31.4. The highest BCUT2D eigenvalue weighted by Crippen LogP contribution is 2.50. The molecule has 2 N–H and O–H groups in total. The molecule has 0 spiro atoms. The van der Waals surface area contributed by atoms with Crippen molar-refractivity contribution in [2.45, 2.75) is 76.4 Å². The number of benzene rings is 2. The highest BCUT2D eigenvalue weighted by molar-refractivity contribution is 5.91. The molecule has 0 bridgehead atoms. The van der Waals surface area contributed by atoms with Crippen LogP contribution < -0.4 is 10.6 Å². The average Bonchev–Trinajstić information content (AvgIpc) is 3.69. The molecule has 1 fully saturated rings. The molecular formula is C27H26F9N3O3. The van der Waals surface area contributed by atoms with Crippen LogP contribution in [0.3, 0.4) is 0 Å². The molecule has 230 valence electrons. The number of urea groups is 1. The van der Waals surface area contributed by atoms with E-state index in [-0.39, 0.29) is 29.7 Å². The highest BCUT2D eigenvalue weighted by atomic mass is 19.4. The molecule has 3 amide bonds. The van der Waals surface area contributed by atoms with Crippen LogP contribution in [0.25, 0.3) is 0 Å². The van der Waals surface area contributed by atoms with Crippen molar-refractivity contribution in [3.8, 4) is 0 Å². The van der Waals surface area contributed by atoms with E-state index in [1.807, 2.05) is 0 Å². The number of nitrogens with zero attached hydrogens (tertiary/aromatic N) is 2. The number of amides is 3. The standard InChI is InChI=1S/C27H26F9N3O3/c1-13(2)42-24(41)39-20-6-5-16(25(28,29)30)10-19(20)22(11-21(39)15-3-4-15)38(23(37)40)12-14-7-17(26(31,32)33)9-18(8-14)27(34,35)36/h5-10,13,15,21-22H,3-4,11-12H2,1-2H3,(H2,37,40)/t21-,22-/m1/s1. The second kappa shape index (κ2) is 10.9. The molecule has 0 aromatic heterocycles. The molecule has 1 aliphatic heterocycles. The third-order valence-corrected chi connectivity index (χ3v) is 7.13. The van der Waals surface area contributed by atoms with Gasteiger partial charge < -0.3 is 15.4 Å². The van der Waals surface area contributed by atoms with E-state index in [4.69, 9.17) is 10.5 Å². The van der Waals surface area contributed by atoms with E-state index < -0.39 is 77.6 Å². The number of ether oxygens (including phenoxy) is 1. The van der Waals surface area contributed by atoms with E-state index >= 15 is 0 Å². The van der Waals surface area contributed by atoms with Crippen molar-refractivity contribution in [1.82, 2.24) is 4.90 Å². The summed E-state index contributed by atoms with van der Waals surface area (Å²) in [6.45, 7) is 2.27. The number of alkyl halides is 9. The molecule has 6 nitrogen and oxygen atoms in total. The summed E-state index contributed by atoms with van der Waals surface area (Å²) in [4.78, 5) is 27.7. The summed E-state index contributed by atoms with van der Waals surface area (Å²) in [5.74, 6) is -0.136. The summed E-state index contributed by atoms with van der Waals surface area (Å²) in [7, 11) is 0. The first-order chi connectivity index (χ1) is 19.3. The summed E-state index contributed by atoms with van der Waals surface area (Å²) in [5.41, 5.74) is 0.334. The SMILES string of the molecule is CC(C)OC(=O)N1c2ccc(C(F)(F)F)cc2[C@H](N(Cc2cc(C(F)(F)F)cc(C(F)(F)F)c2)C(N)=O)C[C@@H]1C1CC1. The lowest BCUT2D eigenvalue weighted by Gasteiger charge is -2.44. The van der Waals surface area contributed by atoms with Crippen molar-refractivity contribution < 1.29 is 53.8 Å². The molecule has 2 aromatic rings. The number of hydrogen-bond acceptors (Lipinski definition) is 3. The largest absolute Gasteiger partial charge is 0.446 e. The Morgan fingerprint density at radius 1 is 0.905 bits per heavy atom. The fourth-order valence-corrected chi connectivity index (χ4v) is 5.18. The lowest BCUT2D eigenvalue weighted by atomic mass is 9.86. The van der Waals surface area contributed by atoms with Gasteiger partial charge >= 0.3 is 30.7 Å². The molecule has 4 rings (SSSR count). The summed E-state index contributed by atoms with van der Waals surface area (Å²) in [6, 6.07) is -0.0755. The fraction of sp³-hybridized carbons (Fsp3) is 0.481. The zero-order valence-electron chi connectivity index (χ0n) is 22.2. The summed E-state index contributed by atoms with van der Waals surface area (Å²) in [5, 5.41) is 0. The van der Waals surface area contributed by atoms with Gasteiger partial charge in [-0.2, -0.15) is 39.5 Å².